The van der Waals surface area contributed by atoms with E-state index in [4.69, 9.17) is 13.8 Å². The monoisotopic (exact) mass is 355 g/mol. The van der Waals surface area contributed by atoms with Crippen LogP contribution in [-0.2, 0) is 18.3 Å². The summed E-state index contributed by atoms with van der Waals surface area (Å²) in [7, 11) is -3.67. The Morgan fingerprint density at radius 2 is 1.67 bits per heavy atom. The van der Waals surface area contributed by atoms with Gasteiger partial charge >= 0.3 is 13.7 Å². The highest BCUT2D eigenvalue weighted by molar-refractivity contribution is 7.58. The third-order valence-electron chi connectivity index (χ3n) is 2.63. The number of benzene rings is 1. The molecule has 6 nitrogen and oxygen atoms in total. The summed E-state index contributed by atoms with van der Waals surface area (Å²) in [6.07, 6.45) is 0.847. The van der Waals surface area contributed by atoms with Crippen molar-refractivity contribution in [1.82, 2.24) is 5.32 Å². The van der Waals surface area contributed by atoms with Crippen molar-refractivity contribution < 1.29 is 23.1 Å². The maximum absolute atomic E-state index is 13.0. The summed E-state index contributed by atoms with van der Waals surface area (Å²) in [5, 5.41) is 2.52. The van der Waals surface area contributed by atoms with Gasteiger partial charge in [-0.2, -0.15) is 0 Å². The molecule has 1 aromatic carbocycles. The van der Waals surface area contributed by atoms with Gasteiger partial charge in [0.15, 0.2) is 0 Å². The number of rotatable bonds is 7. The quantitative estimate of drug-likeness (QED) is 0.713. The van der Waals surface area contributed by atoms with Gasteiger partial charge in [0.05, 0.1) is 13.2 Å². The van der Waals surface area contributed by atoms with Crippen molar-refractivity contribution in [3.8, 4) is 0 Å². The number of hydrogen-bond acceptors (Lipinski definition) is 5. The fourth-order valence-corrected chi connectivity index (χ4v) is 3.38. The van der Waals surface area contributed by atoms with Crippen LogP contribution >= 0.6 is 7.60 Å². The van der Waals surface area contributed by atoms with E-state index < -0.39 is 19.3 Å². The number of carbonyl (C=O) groups excluding carboxylic acids is 1. The van der Waals surface area contributed by atoms with E-state index in [0.29, 0.717) is 0 Å². The highest BCUT2D eigenvalue weighted by atomic mass is 31.2. The molecule has 0 saturated heterocycles. The predicted octanol–water partition coefficient (Wildman–Crippen LogP) is 4.78. The summed E-state index contributed by atoms with van der Waals surface area (Å²) < 4.78 is 28.9. The molecule has 0 unspecified atom stereocenters. The first-order valence-electron chi connectivity index (χ1n) is 7.86. The molecule has 1 rings (SSSR count). The summed E-state index contributed by atoms with van der Waals surface area (Å²) in [6.45, 7) is 9.02. The molecule has 0 aliphatic rings. The van der Waals surface area contributed by atoms with Gasteiger partial charge in [0.1, 0.15) is 11.0 Å². The Balaban J connectivity index is 3.18. The number of carbonyl (C=O) groups is 1. The lowest BCUT2D eigenvalue weighted by atomic mass is 10.2. The van der Waals surface area contributed by atoms with Gasteiger partial charge in [-0.25, -0.2) is 4.79 Å². The molecule has 1 N–H and O–H groups in total. The number of amides is 1. The largest absolute Gasteiger partial charge is 0.444 e. The van der Waals surface area contributed by atoms with Gasteiger partial charge in [-0.05, 0) is 46.3 Å². The Bertz CT molecular complexity index is 597. The third-order valence-corrected chi connectivity index (χ3v) is 4.65. The van der Waals surface area contributed by atoms with Crippen molar-refractivity contribution in [2.24, 2.45) is 0 Å². The molecular formula is C17H26NO5P. The lowest BCUT2D eigenvalue weighted by Gasteiger charge is -2.23. The summed E-state index contributed by atoms with van der Waals surface area (Å²) in [5.41, 5.74) is 0.123. The van der Waals surface area contributed by atoms with Crippen molar-refractivity contribution in [2.75, 3.05) is 13.2 Å². The zero-order valence-electron chi connectivity index (χ0n) is 14.9. The third kappa shape index (κ3) is 6.87. The average molecular weight is 355 g/mol. The number of nitrogens with one attached hydrogen (secondary N) is 1. The van der Waals surface area contributed by atoms with Crippen LogP contribution in [0.3, 0.4) is 0 Å². The molecular weight excluding hydrogens is 329 g/mol. The minimum Gasteiger partial charge on any atom is -0.444 e. The van der Waals surface area contributed by atoms with Crippen LogP contribution in [0.4, 0.5) is 4.79 Å². The molecule has 0 spiro atoms. The highest BCUT2D eigenvalue weighted by Crippen LogP contribution is 2.55. The van der Waals surface area contributed by atoms with Crippen LogP contribution in [0.2, 0.25) is 0 Å². The minimum atomic E-state index is -3.67. The molecule has 0 saturated carbocycles. The minimum absolute atomic E-state index is 0.0478. The van der Waals surface area contributed by atoms with Gasteiger partial charge in [0, 0.05) is 0 Å². The summed E-state index contributed by atoms with van der Waals surface area (Å²) in [6, 6.07) is 9.17. The smallest absolute Gasteiger partial charge is 0.412 e. The summed E-state index contributed by atoms with van der Waals surface area (Å²) in [4.78, 5) is 12.1. The molecule has 0 atom stereocenters. The first-order chi connectivity index (χ1) is 11.2. The summed E-state index contributed by atoms with van der Waals surface area (Å²) in [5.74, 6) is 0. The highest BCUT2D eigenvalue weighted by Gasteiger charge is 2.32. The molecule has 0 aliphatic carbocycles. The maximum Gasteiger partial charge on any atom is 0.412 e. The molecule has 0 radical (unpaired) electrons. The van der Waals surface area contributed by atoms with Crippen molar-refractivity contribution >= 4 is 19.8 Å². The second-order valence-electron chi connectivity index (χ2n) is 5.90. The predicted molar refractivity (Wildman–Crippen MR) is 94.6 cm³/mol. The average Bonchev–Trinajstić information content (AvgIpc) is 2.46. The zero-order chi connectivity index (χ0) is 18.2. The Morgan fingerprint density at radius 3 is 2.12 bits per heavy atom. The van der Waals surface area contributed by atoms with Gasteiger partial charge in [0.2, 0.25) is 0 Å². The molecule has 0 heterocycles. The Labute approximate surface area is 143 Å². The van der Waals surface area contributed by atoms with E-state index >= 15 is 0 Å². The number of hydrogen-bond donors (Lipinski definition) is 1. The van der Waals surface area contributed by atoms with Crippen LogP contribution in [0.1, 0.15) is 40.2 Å². The van der Waals surface area contributed by atoms with Crippen LogP contribution in [0.15, 0.2) is 35.8 Å². The van der Waals surface area contributed by atoms with Gasteiger partial charge in [-0.15, -0.1) is 0 Å². The molecule has 0 fully saturated rings. The van der Waals surface area contributed by atoms with Crippen molar-refractivity contribution in [3.05, 3.63) is 41.3 Å². The van der Waals surface area contributed by atoms with E-state index in [2.05, 4.69) is 5.32 Å². The maximum atomic E-state index is 13.0. The topological polar surface area (TPSA) is 73.9 Å². The van der Waals surface area contributed by atoms with E-state index in [-0.39, 0.29) is 18.7 Å². The first kappa shape index (κ1) is 20.4. The van der Waals surface area contributed by atoms with Gasteiger partial charge in [-0.1, -0.05) is 30.3 Å². The van der Waals surface area contributed by atoms with Gasteiger partial charge in [-0.3, -0.25) is 9.88 Å². The van der Waals surface area contributed by atoms with Gasteiger partial charge in [0.25, 0.3) is 0 Å². The van der Waals surface area contributed by atoms with Crippen LogP contribution in [-0.4, -0.2) is 24.9 Å². The fourth-order valence-electron chi connectivity index (χ4n) is 1.82. The molecule has 0 bridgehead atoms. The molecule has 134 valence electrons. The molecule has 0 aliphatic heterocycles. The Kier molecular flexibility index (Phi) is 7.67. The van der Waals surface area contributed by atoms with Crippen molar-refractivity contribution in [2.45, 2.75) is 40.2 Å². The van der Waals surface area contributed by atoms with Crippen LogP contribution in [0.5, 0.6) is 0 Å². The zero-order valence-corrected chi connectivity index (χ0v) is 15.8. The second-order valence-corrected chi connectivity index (χ2v) is 7.89. The molecule has 1 amide bonds. The molecule has 7 heteroatoms. The van der Waals surface area contributed by atoms with Crippen molar-refractivity contribution in [3.63, 3.8) is 0 Å². The normalized spacial score (nSPS) is 12.8. The van der Waals surface area contributed by atoms with E-state index in [1.54, 1.807) is 40.7 Å². The summed E-state index contributed by atoms with van der Waals surface area (Å²) >= 11 is 0. The van der Waals surface area contributed by atoms with E-state index in [1.165, 1.54) is 0 Å². The number of alkyl carbamates (subject to hydrolysis) is 1. The van der Waals surface area contributed by atoms with Gasteiger partial charge < -0.3 is 13.8 Å². The molecule has 24 heavy (non-hydrogen) atoms. The lowest BCUT2D eigenvalue weighted by molar-refractivity contribution is 0.0546. The fraction of sp³-hybridized carbons (Fsp3) is 0.471. The SMILES string of the molecule is CCOP(=O)(OCC)/C(=C/c1ccccc1)NC(=O)OC(C)(C)C. The Hall–Kier alpha value is -1.62. The molecule has 1 aromatic rings. The van der Waals surface area contributed by atoms with E-state index in [1.807, 2.05) is 30.3 Å². The van der Waals surface area contributed by atoms with Crippen LogP contribution in [0, 0.1) is 0 Å². The lowest BCUT2D eigenvalue weighted by Crippen LogP contribution is -2.32. The number of ether oxygens (including phenoxy) is 1. The van der Waals surface area contributed by atoms with Crippen LogP contribution < -0.4 is 5.32 Å². The van der Waals surface area contributed by atoms with Crippen LogP contribution in [0.25, 0.3) is 6.08 Å². The Morgan fingerprint density at radius 1 is 1.12 bits per heavy atom. The van der Waals surface area contributed by atoms with E-state index in [0.717, 1.165) is 5.56 Å². The van der Waals surface area contributed by atoms with Crippen molar-refractivity contribution in [1.29, 1.82) is 0 Å². The standard InChI is InChI=1S/C17H26NO5P/c1-6-21-24(20,22-7-2)15(13-14-11-9-8-10-12-14)18-16(19)23-17(3,4)5/h8-13H,6-7H2,1-5H3,(H,18,19)/b15-13+. The second kappa shape index (κ2) is 9.02. The van der Waals surface area contributed by atoms with E-state index in [9.17, 15) is 9.36 Å². The molecule has 0 aromatic heterocycles. The first-order valence-corrected chi connectivity index (χ1v) is 9.41.